The first-order chi connectivity index (χ1) is 4.75. The van der Waals surface area contributed by atoms with Crippen LogP contribution >= 0.6 is 34.5 Å². The van der Waals surface area contributed by atoms with Crippen LogP contribution in [0.5, 0.6) is 0 Å². The van der Waals surface area contributed by atoms with Crippen LogP contribution in [-0.2, 0) is 0 Å². The Morgan fingerprint density at radius 1 is 1.70 bits per heavy atom. The van der Waals surface area contributed by atoms with Crippen molar-refractivity contribution in [2.45, 2.75) is 0 Å². The molecule has 0 saturated carbocycles. The summed E-state index contributed by atoms with van der Waals surface area (Å²) in [6.07, 6.45) is 1.68. The Labute approximate surface area is 68.7 Å². The molecule has 2 rings (SSSR count). The highest BCUT2D eigenvalue weighted by Crippen LogP contribution is 2.20. The molecule has 0 aliphatic carbocycles. The second kappa shape index (κ2) is 2.05. The zero-order valence-corrected chi connectivity index (χ0v) is 6.96. The number of thiazole rings is 1. The zero-order chi connectivity index (χ0) is 7.14. The minimum atomic E-state index is -0.178. The average molecular weight is 193 g/mol. The van der Waals surface area contributed by atoms with Crippen molar-refractivity contribution in [2.75, 3.05) is 0 Å². The molecule has 2 aromatic rings. The number of hydrogen-bond acceptors (Lipinski definition) is 4. The predicted octanol–water partition coefficient (Wildman–Crippen LogP) is 1.47. The highest BCUT2D eigenvalue weighted by atomic mass is 35.5. The molecule has 0 saturated heterocycles. The molecule has 0 amide bonds. The molecular formula is C4HClN2OS2. The summed E-state index contributed by atoms with van der Waals surface area (Å²) in [5.74, 6) is 0. The fraction of sp³-hybridized carbons (Fsp3) is 0. The van der Waals surface area contributed by atoms with E-state index < -0.39 is 0 Å². The summed E-state index contributed by atoms with van der Waals surface area (Å²) in [7, 11) is 0. The van der Waals surface area contributed by atoms with E-state index >= 15 is 0 Å². The van der Waals surface area contributed by atoms with Crippen LogP contribution in [0.15, 0.2) is 11.0 Å². The largest absolute Gasteiger partial charge is 0.345 e. The van der Waals surface area contributed by atoms with Crippen molar-refractivity contribution in [3.63, 3.8) is 0 Å². The van der Waals surface area contributed by atoms with E-state index in [1.165, 1.54) is 11.3 Å². The first-order valence-electron chi connectivity index (χ1n) is 2.41. The Morgan fingerprint density at radius 2 is 2.50 bits per heavy atom. The molecule has 0 N–H and O–H groups in total. The molecule has 0 spiro atoms. The number of nitrogens with zero attached hydrogens (tertiary/aromatic N) is 2. The molecule has 3 nitrogen and oxygen atoms in total. The van der Waals surface area contributed by atoms with Gasteiger partial charge in [0, 0.05) is 11.5 Å². The number of rotatable bonds is 0. The van der Waals surface area contributed by atoms with Crippen LogP contribution in [0.2, 0.25) is 4.34 Å². The van der Waals surface area contributed by atoms with E-state index in [1.54, 1.807) is 9.99 Å². The minimum Gasteiger partial charge on any atom is -0.253 e. The van der Waals surface area contributed by atoms with Crippen LogP contribution in [0.4, 0.5) is 0 Å². The van der Waals surface area contributed by atoms with Crippen molar-refractivity contribution in [1.82, 2.24) is 8.77 Å². The summed E-state index contributed by atoms with van der Waals surface area (Å²) in [5.41, 5.74) is 0. The molecule has 0 bridgehead atoms. The van der Waals surface area contributed by atoms with Crippen molar-refractivity contribution in [2.24, 2.45) is 0 Å². The van der Waals surface area contributed by atoms with Crippen LogP contribution < -0.4 is 4.87 Å². The molecular weight excluding hydrogens is 192 g/mol. The van der Waals surface area contributed by atoms with Crippen molar-refractivity contribution >= 4 is 39.4 Å². The van der Waals surface area contributed by atoms with E-state index in [-0.39, 0.29) is 4.87 Å². The summed E-state index contributed by atoms with van der Waals surface area (Å²) in [6, 6.07) is 0. The molecule has 0 aliphatic heterocycles. The van der Waals surface area contributed by atoms with E-state index in [0.717, 1.165) is 11.5 Å². The first-order valence-corrected chi connectivity index (χ1v) is 4.37. The maximum absolute atomic E-state index is 10.6. The highest BCUT2D eigenvalue weighted by Gasteiger charge is 2.01. The third kappa shape index (κ3) is 0.865. The maximum atomic E-state index is 10.6. The van der Waals surface area contributed by atoms with Gasteiger partial charge in [-0.2, -0.15) is 4.98 Å². The average Bonchev–Trinajstić information content (AvgIpc) is 2.21. The molecule has 10 heavy (non-hydrogen) atoms. The maximum Gasteiger partial charge on any atom is 0.345 e. The summed E-state index contributed by atoms with van der Waals surface area (Å²) in [4.78, 5) is 14.8. The van der Waals surface area contributed by atoms with Gasteiger partial charge in [-0.25, -0.2) is 3.79 Å². The van der Waals surface area contributed by atoms with Crippen molar-refractivity contribution in [3.05, 3.63) is 20.2 Å². The second-order valence-electron chi connectivity index (χ2n) is 1.61. The van der Waals surface area contributed by atoms with Crippen LogP contribution in [0.3, 0.4) is 0 Å². The van der Waals surface area contributed by atoms with E-state index in [2.05, 4.69) is 4.98 Å². The van der Waals surface area contributed by atoms with Gasteiger partial charge in [-0.15, -0.1) is 0 Å². The van der Waals surface area contributed by atoms with Crippen LogP contribution in [0.1, 0.15) is 0 Å². The lowest BCUT2D eigenvalue weighted by Crippen LogP contribution is -1.88. The van der Waals surface area contributed by atoms with Crippen molar-refractivity contribution in [1.29, 1.82) is 0 Å². The molecule has 2 aromatic heterocycles. The van der Waals surface area contributed by atoms with Crippen LogP contribution in [0.25, 0.3) is 4.96 Å². The summed E-state index contributed by atoms with van der Waals surface area (Å²) in [6.45, 7) is 0. The second-order valence-corrected chi connectivity index (χ2v) is 4.18. The standard InChI is InChI=1S/C4HClN2OS2/c5-2-1-7-3(9-2)6-4(8)10-7/h1H. The molecule has 2 heterocycles. The highest BCUT2D eigenvalue weighted by molar-refractivity contribution is 7.22. The Kier molecular flexibility index (Phi) is 1.29. The molecule has 0 atom stereocenters. The normalized spacial score (nSPS) is 10.9. The van der Waals surface area contributed by atoms with Crippen LogP contribution in [0, 0.1) is 0 Å². The van der Waals surface area contributed by atoms with Gasteiger partial charge in [-0.3, -0.25) is 4.79 Å². The summed E-state index contributed by atoms with van der Waals surface area (Å²) >= 11 is 7.99. The van der Waals surface area contributed by atoms with Gasteiger partial charge >= 0.3 is 4.87 Å². The third-order valence-electron chi connectivity index (χ3n) is 0.959. The lowest BCUT2D eigenvalue weighted by atomic mass is 11.0. The van der Waals surface area contributed by atoms with E-state index in [4.69, 9.17) is 11.6 Å². The lowest BCUT2D eigenvalue weighted by molar-refractivity contribution is 1.32. The number of fused-ring (bicyclic) bond motifs is 1. The van der Waals surface area contributed by atoms with E-state index in [0.29, 0.717) is 9.30 Å². The smallest absolute Gasteiger partial charge is 0.253 e. The van der Waals surface area contributed by atoms with Gasteiger partial charge in [-0.1, -0.05) is 22.9 Å². The van der Waals surface area contributed by atoms with Crippen molar-refractivity contribution in [3.8, 4) is 0 Å². The Morgan fingerprint density at radius 3 is 3.20 bits per heavy atom. The van der Waals surface area contributed by atoms with Crippen LogP contribution in [-0.4, -0.2) is 8.77 Å². The predicted molar refractivity (Wildman–Crippen MR) is 42.2 cm³/mol. The van der Waals surface area contributed by atoms with Gasteiger partial charge in [0.05, 0.1) is 6.20 Å². The van der Waals surface area contributed by atoms with E-state index in [1.807, 2.05) is 0 Å². The summed E-state index contributed by atoms with van der Waals surface area (Å²) in [5, 5.41) is 0. The molecule has 0 fully saturated rings. The minimum absolute atomic E-state index is 0.178. The van der Waals surface area contributed by atoms with Gasteiger partial charge in [-0.05, 0) is 0 Å². The Balaban J connectivity index is 2.95. The quantitative estimate of drug-likeness (QED) is 0.634. The Bertz CT molecular complexity index is 379. The van der Waals surface area contributed by atoms with Gasteiger partial charge in [0.1, 0.15) is 4.34 Å². The molecule has 0 aromatic carbocycles. The van der Waals surface area contributed by atoms with Gasteiger partial charge < -0.3 is 0 Å². The molecule has 0 radical (unpaired) electrons. The number of halogens is 1. The lowest BCUT2D eigenvalue weighted by Gasteiger charge is -1.69. The topological polar surface area (TPSA) is 34.4 Å². The van der Waals surface area contributed by atoms with Gasteiger partial charge in [0.2, 0.25) is 4.96 Å². The van der Waals surface area contributed by atoms with Gasteiger partial charge in [0.25, 0.3) is 0 Å². The SMILES string of the molecule is O=c1nc2sc(Cl)cn2s1. The van der Waals surface area contributed by atoms with Gasteiger partial charge in [0.15, 0.2) is 0 Å². The molecule has 52 valence electrons. The third-order valence-corrected chi connectivity index (χ3v) is 2.90. The fourth-order valence-corrected chi connectivity index (χ4v) is 2.51. The number of aromatic nitrogens is 2. The fourth-order valence-electron chi connectivity index (χ4n) is 0.626. The summed E-state index contributed by atoms with van der Waals surface area (Å²) < 4.78 is 2.31. The first kappa shape index (κ1) is 6.33. The Hall–Kier alpha value is -0.390. The number of hydrogen-bond donors (Lipinski definition) is 0. The van der Waals surface area contributed by atoms with E-state index in [9.17, 15) is 4.79 Å². The van der Waals surface area contributed by atoms with Crippen molar-refractivity contribution < 1.29 is 0 Å². The molecule has 0 unspecified atom stereocenters. The molecule has 6 heteroatoms. The monoisotopic (exact) mass is 192 g/mol. The molecule has 0 aliphatic rings. The zero-order valence-electron chi connectivity index (χ0n) is 4.57.